The van der Waals surface area contributed by atoms with Crippen molar-refractivity contribution in [2.24, 2.45) is 0 Å². The van der Waals surface area contributed by atoms with Gasteiger partial charge in [-0.3, -0.25) is 4.79 Å². The minimum absolute atomic E-state index is 0. The second-order valence-electron chi connectivity index (χ2n) is 3.23. The van der Waals surface area contributed by atoms with Crippen LogP contribution in [0.4, 0.5) is 0 Å². The predicted octanol–water partition coefficient (Wildman–Crippen LogP) is 2.03. The van der Waals surface area contributed by atoms with Gasteiger partial charge in [-0.2, -0.15) is 0 Å². The molecule has 1 rings (SSSR count). The lowest BCUT2D eigenvalue weighted by Gasteiger charge is -2.25. The van der Waals surface area contributed by atoms with Crippen molar-refractivity contribution in [2.75, 3.05) is 19.6 Å². The highest BCUT2D eigenvalue weighted by molar-refractivity contribution is 8.93. The molecular weight excluding hydrogens is 218 g/mol. The van der Waals surface area contributed by atoms with Crippen LogP contribution in [-0.4, -0.2) is 30.3 Å². The number of likely N-dealkylation sites (tertiary alicyclic amines) is 1. The molecule has 1 fully saturated rings. The summed E-state index contributed by atoms with van der Waals surface area (Å²) in [4.78, 5) is 13.2. The number of unbranched alkanes of at least 4 members (excludes halogenated alkanes) is 1. The molecule has 0 saturated carbocycles. The third-order valence-corrected chi connectivity index (χ3v) is 2.24. The Hall–Kier alpha value is 0.110. The van der Waals surface area contributed by atoms with E-state index in [1.165, 1.54) is 19.4 Å². The number of piperidine rings is 1. The summed E-state index contributed by atoms with van der Waals surface area (Å²) in [5.74, 6) is 0.442. The molecule has 1 saturated heterocycles. The van der Waals surface area contributed by atoms with Crippen molar-refractivity contribution in [3.63, 3.8) is 0 Å². The number of hydrogen-bond acceptors (Lipinski definition) is 2. The van der Waals surface area contributed by atoms with Gasteiger partial charge in [0.25, 0.3) is 0 Å². The first kappa shape index (κ1) is 12.1. The molecule has 0 amide bonds. The number of rotatable bonds is 3. The lowest BCUT2D eigenvalue weighted by atomic mass is 10.1. The van der Waals surface area contributed by atoms with Crippen molar-refractivity contribution in [1.29, 1.82) is 0 Å². The molecule has 0 spiro atoms. The van der Waals surface area contributed by atoms with Crippen LogP contribution in [0.3, 0.4) is 0 Å². The van der Waals surface area contributed by atoms with E-state index in [9.17, 15) is 4.79 Å². The molecule has 0 bridgehead atoms. The van der Waals surface area contributed by atoms with E-state index < -0.39 is 0 Å². The van der Waals surface area contributed by atoms with Gasteiger partial charge in [0.1, 0.15) is 5.78 Å². The average molecular weight is 236 g/mol. The van der Waals surface area contributed by atoms with Crippen molar-refractivity contribution >= 4 is 22.8 Å². The average Bonchev–Trinajstić information content (AvgIpc) is 2.04. The normalized spacial score (nSPS) is 18.9. The number of carbonyl (C=O) groups excluding carboxylic acids is 1. The highest BCUT2D eigenvalue weighted by Gasteiger charge is 2.14. The largest absolute Gasteiger partial charge is 0.302 e. The summed E-state index contributed by atoms with van der Waals surface area (Å²) in [6.07, 6.45) is 4.09. The molecule has 2 nitrogen and oxygen atoms in total. The Morgan fingerprint density at radius 3 is 2.42 bits per heavy atom. The summed E-state index contributed by atoms with van der Waals surface area (Å²) in [6, 6.07) is 0. The van der Waals surface area contributed by atoms with Crippen LogP contribution in [0, 0.1) is 0 Å². The molecule has 1 aliphatic heterocycles. The van der Waals surface area contributed by atoms with E-state index in [4.69, 9.17) is 0 Å². The van der Waals surface area contributed by atoms with Crippen molar-refractivity contribution in [1.82, 2.24) is 4.90 Å². The van der Waals surface area contributed by atoms with E-state index in [-0.39, 0.29) is 17.0 Å². The summed E-state index contributed by atoms with van der Waals surface area (Å²) in [5.41, 5.74) is 0. The molecule has 3 heteroatoms. The van der Waals surface area contributed by atoms with E-state index >= 15 is 0 Å². The monoisotopic (exact) mass is 235 g/mol. The van der Waals surface area contributed by atoms with Gasteiger partial charge in [-0.15, -0.1) is 17.0 Å². The Morgan fingerprint density at radius 2 is 1.92 bits per heavy atom. The SMILES string of the molecule is Br.CCCCN1CCC(=O)CC1. The first-order valence-corrected chi connectivity index (χ1v) is 4.57. The quantitative estimate of drug-likeness (QED) is 0.747. The zero-order valence-electron chi connectivity index (χ0n) is 7.71. The van der Waals surface area contributed by atoms with Crippen molar-refractivity contribution in [3.8, 4) is 0 Å². The number of halogens is 1. The van der Waals surface area contributed by atoms with Gasteiger partial charge in [0.15, 0.2) is 0 Å². The number of carbonyl (C=O) groups is 1. The van der Waals surface area contributed by atoms with Gasteiger partial charge in [-0.05, 0) is 13.0 Å². The highest BCUT2D eigenvalue weighted by Crippen LogP contribution is 2.06. The molecule has 0 atom stereocenters. The summed E-state index contributed by atoms with van der Waals surface area (Å²) in [5, 5.41) is 0. The highest BCUT2D eigenvalue weighted by atomic mass is 79.9. The van der Waals surface area contributed by atoms with Crippen molar-refractivity contribution < 1.29 is 4.79 Å². The van der Waals surface area contributed by atoms with E-state index in [0.717, 1.165) is 25.9 Å². The first-order valence-electron chi connectivity index (χ1n) is 4.57. The fourth-order valence-corrected chi connectivity index (χ4v) is 1.41. The van der Waals surface area contributed by atoms with Crippen LogP contribution in [-0.2, 0) is 4.79 Å². The van der Waals surface area contributed by atoms with Crippen LogP contribution in [0.2, 0.25) is 0 Å². The Bertz CT molecular complexity index is 128. The van der Waals surface area contributed by atoms with Gasteiger partial charge in [-0.1, -0.05) is 13.3 Å². The molecule has 1 heterocycles. The fourth-order valence-electron chi connectivity index (χ4n) is 1.41. The minimum atomic E-state index is 0. The zero-order valence-corrected chi connectivity index (χ0v) is 9.43. The molecule has 12 heavy (non-hydrogen) atoms. The van der Waals surface area contributed by atoms with Crippen LogP contribution in [0.1, 0.15) is 32.6 Å². The van der Waals surface area contributed by atoms with Crippen molar-refractivity contribution in [2.45, 2.75) is 32.6 Å². The van der Waals surface area contributed by atoms with Crippen LogP contribution in [0.5, 0.6) is 0 Å². The standard InChI is InChI=1S/C9H17NO.BrH/c1-2-3-6-10-7-4-9(11)5-8-10;/h2-8H2,1H3;1H. The van der Waals surface area contributed by atoms with E-state index in [1.807, 2.05) is 0 Å². The van der Waals surface area contributed by atoms with Gasteiger partial charge in [0, 0.05) is 25.9 Å². The summed E-state index contributed by atoms with van der Waals surface area (Å²) >= 11 is 0. The molecule has 72 valence electrons. The van der Waals surface area contributed by atoms with Gasteiger partial charge in [-0.25, -0.2) is 0 Å². The number of nitrogens with zero attached hydrogens (tertiary/aromatic N) is 1. The zero-order chi connectivity index (χ0) is 8.10. The summed E-state index contributed by atoms with van der Waals surface area (Å²) in [7, 11) is 0. The third-order valence-electron chi connectivity index (χ3n) is 2.24. The smallest absolute Gasteiger partial charge is 0.135 e. The Labute approximate surface area is 85.1 Å². The number of ketones is 1. The first-order chi connectivity index (χ1) is 5.33. The Balaban J connectivity index is 0.00000121. The molecule has 0 radical (unpaired) electrons. The molecule has 0 aliphatic carbocycles. The van der Waals surface area contributed by atoms with Crippen LogP contribution < -0.4 is 0 Å². The second kappa shape index (κ2) is 6.61. The van der Waals surface area contributed by atoms with Crippen LogP contribution in [0.25, 0.3) is 0 Å². The van der Waals surface area contributed by atoms with E-state index in [0.29, 0.717) is 5.78 Å². The van der Waals surface area contributed by atoms with E-state index in [1.54, 1.807) is 0 Å². The Kier molecular flexibility index (Phi) is 6.67. The molecule has 1 aliphatic rings. The van der Waals surface area contributed by atoms with Gasteiger partial charge < -0.3 is 4.90 Å². The maximum Gasteiger partial charge on any atom is 0.135 e. The fraction of sp³-hybridized carbons (Fsp3) is 0.889. The van der Waals surface area contributed by atoms with Gasteiger partial charge >= 0.3 is 0 Å². The predicted molar refractivity (Wildman–Crippen MR) is 55.9 cm³/mol. The van der Waals surface area contributed by atoms with E-state index in [2.05, 4.69) is 11.8 Å². The summed E-state index contributed by atoms with van der Waals surface area (Å²) < 4.78 is 0. The third kappa shape index (κ3) is 4.21. The molecule has 0 unspecified atom stereocenters. The number of Topliss-reactive ketones (excluding diaryl/α,β-unsaturated/α-hetero) is 1. The molecule has 0 N–H and O–H groups in total. The Morgan fingerprint density at radius 1 is 1.33 bits per heavy atom. The second-order valence-corrected chi connectivity index (χ2v) is 3.23. The maximum atomic E-state index is 10.9. The van der Waals surface area contributed by atoms with Crippen LogP contribution in [0.15, 0.2) is 0 Å². The summed E-state index contributed by atoms with van der Waals surface area (Å²) in [6.45, 7) is 5.39. The molecule has 0 aromatic rings. The van der Waals surface area contributed by atoms with Gasteiger partial charge in [0.05, 0.1) is 0 Å². The minimum Gasteiger partial charge on any atom is -0.302 e. The molecule has 0 aromatic carbocycles. The lowest BCUT2D eigenvalue weighted by Crippen LogP contribution is -2.34. The van der Waals surface area contributed by atoms with Crippen molar-refractivity contribution in [3.05, 3.63) is 0 Å². The molecule has 0 aromatic heterocycles. The molecular formula is C9H18BrNO. The van der Waals surface area contributed by atoms with Gasteiger partial charge in [0.2, 0.25) is 0 Å². The number of hydrogen-bond donors (Lipinski definition) is 0. The topological polar surface area (TPSA) is 20.3 Å². The lowest BCUT2D eigenvalue weighted by molar-refractivity contribution is -0.121. The van der Waals surface area contributed by atoms with Crippen LogP contribution >= 0.6 is 17.0 Å². The maximum absolute atomic E-state index is 10.9.